The van der Waals surface area contributed by atoms with Crippen LogP contribution in [0.3, 0.4) is 0 Å². The normalized spacial score (nSPS) is 30.3. The average molecular weight is 367 g/mol. The molecule has 25 heavy (non-hydrogen) atoms. The zero-order valence-electron chi connectivity index (χ0n) is 14.2. The standard InChI is InChI=1S/C17H21NO6S/c1-10(19)12-14(20)18-13(17(2,3)25(22,23)15(12)18)16(21)24-9-11-7-5-4-6-8-11/h4-8,10,12-13,15,19H,9H2,1-3H3/t10-,12-,13+,15-/m1/s1. The summed E-state index contributed by atoms with van der Waals surface area (Å²) in [5.74, 6) is -2.32. The van der Waals surface area contributed by atoms with Crippen LogP contribution in [0.2, 0.25) is 0 Å². The van der Waals surface area contributed by atoms with Crippen LogP contribution in [0.1, 0.15) is 26.3 Å². The van der Waals surface area contributed by atoms with E-state index < -0.39 is 49.9 Å². The van der Waals surface area contributed by atoms with Gasteiger partial charge in [-0.1, -0.05) is 30.3 Å². The maximum absolute atomic E-state index is 12.8. The number of β-lactam (4-membered cyclic amide) rings is 1. The van der Waals surface area contributed by atoms with Crippen molar-refractivity contribution < 1.29 is 27.9 Å². The quantitative estimate of drug-likeness (QED) is 0.613. The number of fused-ring (bicyclic) bond motifs is 1. The summed E-state index contributed by atoms with van der Waals surface area (Å²) >= 11 is 0. The third kappa shape index (κ3) is 2.46. The molecule has 0 unspecified atom stereocenters. The first-order chi connectivity index (χ1) is 11.6. The molecule has 2 aliphatic heterocycles. The predicted molar refractivity (Wildman–Crippen MR) is 88.8 cm³/mol. The number of carbonyl (C=O) groups excluding carboxylic acids is 2. The minimum atomic E-state index is -3.83. The summed E-state index contributed by atoms with van der Waals surface area (Å²) in [5.41, 5.74) is 0.767. The van der Waals surface area contributed by atoms with Gasteiger partial charge in [-0.05, 0) is 26.3 Å². The smallest absolute Gasteiger partial charge is 0.330 e. The molecule has 2 heterocycles. The molecule has 0 aromatic heterocycles. The lowest BCUT2D eigenvalue weighted by Gasteiger charge is -2.44. The highest BCUT2D eigenvalue weighted by molar-refractivity contribution is 7.93. The van der Waals surface area contributed by atoms with Gasteiger partial charge in [0.05, 0.1) is 16.8 Å². The van der Waals surface area contributed by atoms with E-state index in [9.17, 15) is 23.1 Å². The molecule has 2 saturated heterocycles. The van der Waals surface area contributed by atoms with Gasteiger partial charge in [0.2, 0.25) is 5.91 Å². The lowest BCUT2D eigenvalue weighted by atomic mass is 9.88. The van der Waals surface area contributed by atoms with Crippen LogP contribution in [-0.4, -0.2) is 52.6 Å². The largest absolute Gasteiger partial charge is 0.459 e. The zero-order valence-corrected chi connectivity index (χ0v) is 15.1. The molecule has 1 N–H and O–H groups in total. The van der Waals surface area contributed by atoms with Gasteiger partial charge in [0.15, 0.2) is 9.84 Å². The fraction of sp³-hybridized carbons (Fsp3) is 0.529. The summed E-state index contributed by atoms with van der Waals surface area (Å²) in [6.45, 7) is 4.21. The van der Waals surface area contributed by atoms with Crippen molar-refractivity contribution in [3.05, 3.63) is 35.9 Å². The molecule has 0 spiro atoms. The van der Waals surface area contributed by atoms with Crippen molar-refractivity contribution in [2.75, 3.05) is 0 Å². The minimum Gasteiger partial charge on any atom is -0.459 e. The third-order valence-corrected chi connectivity index (χ3v) is 7.92. The fourth-order valence-electron chi connectivity index (χ4n) is 3.58. The average Bonchev–Trinajstić information content (AvgIpc) is 2.67. The number of nitrogens with zero attached hydrogens (tertiary/aromatic N) is 1. The molecule has 136 valence electrons. The molecule has 4 atom stereocenters. The van der Waals surface area contributed by atoms with Gasteiger partial charge in [-0.25, -0.2) is 13.2 Å². The Labute approximate surface area is 146 Å². The second kappa shape index (κ2) is 5.81. The highest BCUT2D eigenvalue weighted by Gasteiger charge is 2.73. The molecule has 1 amide bonds. The third-order valence-electron chi connectivity index (χ3n) is 5.08. The Kier molecular flexibility index (Phi) is 4.15. The summed E-state index contributed by atoms with van der Waals surface area (Å²) in [6, 6.07) is 7.78. The summed E-state index contributed by atoms with van der Waals surface area (Å²) in [5, 5.41) is 8.56. The topological polar surface area (TPSA) is 101 Å². The lowest BCUT2D eigenvalue weighted by Crippen LogP contribution is -2.66. The van der Waals surface area contributed by atoms with Crippen molar-refractivity contribution >= 4 is 21.7 Å². The van der Waals surface area contributed by atoms with Gasteiger partial charge >= 0.3 is 5.97 Å². The van der Waals surface area contributed by atoms with Crippen LogP contribution < -0.4 is 0 Å². The molecule has 7 nitrogen and oxygen atoms in total. The highest BCUT2D eigenvalue weighted by atomic mass is 32.2. The van der Waals surface area contributed by atoms with Crippen LogP contribution in [0.5, 0.6) is 0 Å². The minimum absolute atomic E-state index is 0.00116. The molecule has 0 bridgehead atoms. The zero-order chi connectivity index (χ0) is 18.6. The maximum atomic E-state index is 12.8. The molecule has 1 aromatic rings. The van der Waals surface area contributed by atoms with Crippen molar-refractivity contribution in [2.24, 2.45) is 5.92 Å². The molecular weight excluding hydrogens is 346 g/mol. The van der Waals surface area contributed by atoms with E-state index in [2.05, 4.69) is 0 Å². The predicted octanol–water partition coefficient (Wildman–Crippen LogP) is 0.471. The van der Waals surface area contributed by atoms with Crippen molar-refractivity contribution in [3.8, 4) is 0 Å². The van der Waals surface area contributed by atoms with Gasteiger partial charge in [0.25, 0.3) is 0 Å². The Bertz CT molecular complexity index is 802. The Morgan fingerprint density at radius 2 is 1.92 bits per heavy atom. The number of aliphatic hydroxyl groups is 1. The monoisotopic (exact) mass is 367 g/mol. The van der Waals surface area contributed by atoms with Crippen LogP contribution in [-0.2, 0) is 30.8 Å². The van der Waals surface area contributed by atoms with Crippen molar-refractivity contribution in [2.45, 2.75) is 49.6 Å². The Balaban J connectivity index is 1.86. The molecule has 1 aromatic carbocycles. The number of hydrogen-bond donors (Lipinski definition) is 1. The molecule has 8 heteroatoms. The molecule has 0 aliphatic carbocycles. The van der Waals surface area contributed by atoms with E-state index in [0.717, 1.165) is 10.5 Å². The maximum Gasteiger partial charge on any atom is 0.330 e. The van der Waals surface area contributed by atoms with Gasteiger partial charge in [0.1, 0.15) is 18.0 Å². The Morgan fingerprint density at radius 3 is 2.48 bits per heavy atom. The summed E-state index contributed by atoms with van der Waals surface area (Å²) in [7, 11) is -3.83. The van der Waals surface area contributed by atoms with Gasteiger partial charge in [-0.15, -0.1) is 0 Å². The number of ether oxygens (including phenoxy) is 1. The molecule has 0 saturated carbocycles. The van der Waals surface area contributed by atoms with Crippen molar-refractivity contribution in [1.29, 1.82) is 0 Å². The summed E-state index contributed by atoms with van der Waals surface area (Å²) in [6.07, 6.45) is -1.10. The molecule has 2 fully saturated rings. The van der Waals surface area contributed by atoms with Gasteiger partial charge in [-0.3, -0.25) is 4.79 Å². The SMILES string of the molecule is C[C@@H](O)[C@@H]1C(=O)N2[C@@H](C(=O)OCc3ccccc3)C(C)(C)S(=O)(=O)[C@H]12. The van der Waals surface area contributed by atoms with Crippen molar-refractivity contribution in [1.82, 2.24) is 4.90 Å². The van der Waals surface area contributed by atoms with E-state index in [0.29, 0.717) is 0 Å². The van der Waals surface area contributed by atoms with E-state index in [1.54, 1.807) is 24.3 Å². The number of rotatable bonds is 4. The molecule has 3 rings (SSSR count). The van der Waals surface area contributed by atoms with E-state index in [-0.39, 0.29) is 6.61 Å². The van der Waals surface area contributed by atoms with E-state index >= 15 is 0 Å². The number of aliphatic hydroxyl groups excluding tert-OH is 1. The summed E-state index contributed by atoms with van der Waals surface area (Å²) < 4.78 is 29.4. The first kappa shape index (κ1) is 17.9. The number of sulfone groups is 1. The second-order valence-corrected chi connectivity index (χ2v) is 9.67. The van der Waals surface area contributed by atoms with Gasteiger partial charge in [-0.2, -0.15) is 0 Å². The summed E-state index contributed by atoms with van der Waals surface area (Å²) in [4.78, 5) is 26.0. The van der Waals surface area contributed by atoms with Crippen LogP contribution in [0, 0.1) is 5.92 Å². The highest BCUT2D eigenvalue weighted by Crippen LogP contribution is 2.49. The van der Waals surface area contributed by atoms with Crippen LogP contribution in [0.25, 0.3) is 0 Å². The van der Waals surface area contributed by atoms with Crippen LogP contribution in [0.15, 0.2) is 30.3 Å². The number of hydrogen-bond acceptors (Lipinski definition) is 6. The van der Waals surface area contributed by atoms with Crippen LogP contribution in [0.4, 0.5) is 0 Å². The molecule has 0 radical (unpaired) electrons. The Morgan fingerprint density at radius 1 is 1.32 bits per heavy atom. The number of benzene rings is 1. The number of esters is 1. The van der Waals surface area contributed by atoms with E-state index in [1.807, 2.05) is 6.07 Å². The van der Waals surface area contributed by atoms with Crippen molar-refractivity contribution in [3.63, 3.8) is 0 Å². The van der Waals surface area contributed by atoms with Gasteiger partial charge in [0, 0.05) is 0 Å². The lowest BCUT2D eigenvalue weighted by molar-refractivity contribution is -0.171. The van der Waals surface area contributed by atoms with Crippen LogP contribution >= 0.6 is 0 Å². The fourth-order valence-corrected chi connectivity index (χ4v) is 5.98. The molecule has 2 aliphatic rings. The number of amides is 1. The Hall–Kier alpha value is -1.93. The molecular formula is C17H21NO6S. The van der Waals surface area contributed by atoms with E-state index in [4.69, 9.17) is 4.74 Å². The first-order valence-electron chi connectivity index (χ1n) is 8.05. The second-order valence-electron chi connectivity index (χ2n) is 7.05. The first-order valence-corrected chi connectivity index (χ1v) is 9.59. The van der Waals surface area contributed by atoms with Gasteiger partial charge < -0.3 is 14.7 Å². The number of carbonyl (C=O) groups is 2. The van der Waals surface area contributed by atoms with E-state index in [1.165, 1.54) is 20.8 Å².